The molecule has 1 rings (SSSR count). The van der Waals surface area contributed by atoms with Crippen molar-refractivity contribution >= 4 is 0 Å². The highest BCUT2D eigenvalue weighted by atomic mass is 15.1. The summed E-state index contributed by atoms with van der Waals surface area (Å²) < 4.78 is 0. The van der Waals surface area contributed by atoms with E-state index in [4.69, 9.17) is 5.73 Å². The maximum Gasteiger partial charge on any atom is 0.0165 e. The van der Waals surface area contributed by atoms with Crippen molar-refractivity contribution in [2.24, 2.45) is 5.73 Å². The van der Waals surface area contributed by atoms with E-state index in [1.54, 1.807) is 0 Å². The molecule has 0 spiro atoms. The molecule has 1 saturated heterocycles. The summed E-state index contributed by atoms with van der Waals surface area (Å²) in [6.07, 6.45) is 3.41. The van der Waals surface area contributed by atoms with Gasteiger partial charge in [0, 0.05) is 25.7 Å². The van der Waals surface area contributed by atoms with Gasteiger partial charge in [-0.3, -0.25) is 0 Å². The molecule has 1 fully saturated rings. The second-order valence-electron chi connectivity index (χ2n) is 3.72. The Hall–Kier alpha value is -0.340. The minimum atomic E-state index is 0.358. The van der Waals surface area contributed by atoms with Crippen LogP contribution in [0.3, 0.4) is 0 Å². The third kappa shape index (κ3) is 2.95. The summed E-state index contributed by atoms with van der Waals surface area (Å²) in [5.41, 5.74) is 7.27. The van der Waals surface area contributed by atoms with Crippen LogP contribution in [0, 0.1) is 0 Å². The lowest BCUT2D eigenvalue weighted by Crippen LogP contribution is -2.40. The van der Waals surface area contributed by atoms with E-state index in [1.807, 2.05) is 0 Å². The van der Waals surface area contributed by atoms with Crippen LogP contribution < -0.4 is 5.73 Å². The van der Waals surface area contributed by atoms with Crippen LogP contribution in [0.5, 0.6) is 0 Å². The summed E-state index contributed by atoms with van der Waals surface area (Å²) in [5, 5.41) is 0. The molecule has 1 atom stereocenters. The Kier molecular flexibility index (Phi) is 3.76. The van der Waals surface area contributed by atoms with Gasteiger partial charge in [-0.2, -0.15) is 0 Å². The molecule has 2 nitrogen and oxygen atoms in total. The van der Waals surface area contributed by atoms with Gasteiger partial charge >= 0.3 is 0 Å². The molecule has 70 valence electrons. The van der Waals surface area contributed by atoms with E-state index in [0.717, 1.165) is 38.9 Å². The fourth-order valence-electron chi connectivity index (χ4n) is 1.51. The van der Waals surface area contributed by atoms with Gasteiger partial charge in [-0.15, -0.1) is 0 Å². The monoisotopic (exact) mass is 168 g/mol. The topological polar surface area (TPSA) is 29.3 Å². The Morgan fingerprint density at radius 1 is 1.50 bits per heavy atom. The van der Waals surface area contributed by atoms with E-state index in [2.05, 4.69) is 18.4 Å². The van der Waals surface area contributed by atoms with Crippen molar-refractivity contribution in [3.8, 4) is 0 Å². The van der Waals surface area contributed by atoms with Gasteiger partial charge in [0.15, 0.2) is 0 Å². The lowest BCUT2D eigenvalue weighted by Gasteiger charge is -2.29. The molecule has 1 aliphatic rings. The Labute approximate surface area is 75.4 Å². The summed E-state index contributed by atoms with van der Waals surface area (Å²) in [6.45, 7) is 9.51. The highest BCUT2D eigenvalue weighted by molar-refractivity contribution is 4.99. The lowest BCUT2D eigenvalue weighted by atomic mass is 10.1. The minimum Gasteiger partial charge on any atom is -0.327 e. The zero-order chi connectivity index (χ0) is 8.97. The molecule has 0 aromatic carbocycles. The number of piperidine rings is 1. The Morgan fingerprint density at radius 2 is 2.08 bits per heavy atom. The van der Waals surface area contributed by atoms with Crippen LogP contribution in [0.25, 0.3) is 0 Å². The fourth-order valence-corrected chi connectivity index (χ4v) is 1.51. The maximum absolute atomic E-state index is 5.87. The van der Waals surface area contributed by atoms with Crippen LogP contribution in [-0.4, -0.2) is 30.6 Å². The lowest BCUT2D eigenvalue weighted by molar-refractivity contribution is 0.239. The summed E-state index contributed by atoms with van der Waals surface area (Å²) in [7, 11) is 0. The number of likely N-dealkylation sites (tertiary alicyclic amines) is 1. The first-order valence-corrected chi connectivity index (χ1v) is 4.87. The molecule has 1 heterocycles. The molecule has 0 amide bonds. The molecule has 0 aromatic heterocycles. The molecular weight excluding hydrogens is 148 g/mol. The summed E-state index contributed by atoms with van der Waals surface area (Å²) in [6, 6.07) is 0.358. The highest BCUT2D eigenvalue weighted by Crippen LogP contribution is 2.13. The van der Waals surface area contributed by atoms with Gasteiger partial charge in [0.25, 0.3) is 0 Å². The average molecular weight is 168 g/mol. The molecule has 0 saturated carbocycles. The van der Waals surface area contributed by atoms with Crippen molar-refractivity contribution in [3.63, 3.8) is 0 Å². The summed E-state index contributed by atoms with van der Waals surface area (Å²) in [5.74, 6) is 0. The highest BCUT2D eigenvalue weighted by Gasteiger charge is 2.13. The number of hydrogen-bond acceptors (Lipinski definition) is 2. The SMILES string of the molecule is C=C1CCN(C[C@H](N)CC)CC1. The summed E-state index contributed by atoms with van der Waals surface area (Å²) >= 11 is 0. The largest absolute Gasteiger partial charge is 0.327 e. The molecule has 0 unspecified atom stereocenters. The van der Waals surface area contributed by atoms with Gasteiger partial charge in [-0.25, -0.2) is 0 Å². The normalized spacial score (nSPS) is 22.7. The predicted octanol–water partition coefficient (Wildman–Crippen LogP) is 1.38. The molecule has 0 bridgehead atoms. The van der Waals surface area contributed by atoms with E-state index in [9.17, 15) is 0 Å². The first-order valence-electron chi connectivity index (χ1n) is 4.87. The van der Waals surface area contributed by atoms with Crippen molar-refractivity contribution in [1.82, 2.24) is 4.90 Å². The van der Waals surface area contributed by atoms with E-state index in [-0.39, 0.29) is 0 Å². The van der Waals surface area contributed by atoms with Gasteiger partial charge < -0.3 is 10.6 Å². The van der Waals surface area contributed by atoms with Crippen molar-refractivity contribution in [3.05, 3.63) is 12.2 Å². The maximum atomic E-state index is 5.87. The van der Waals surface area contributed by atoms with Gasteiger partial charge in [0.05, 0.1) is 0 Å². The fraction of sp³-hybridized carbons (Fsp3) is 0.800. The van der Waals surface area contributed by atoms with Crippen LogP contribution in [0.2, 0.25) is 0 Å². The van der Waals surface area contributed by atoms with Crippen LogP contribution in [0.15, 0.2) is 12.2 Å². The van der Waals surface area contributed by atoms with Gasteiger partial charge in [0.1, 0.15) is 0 Å². The molecule has 0 aromatic rings. The smallest absolute Gasteiger partial charge is 0.0165 e. The van der Waals surface area contributed by atoms with Crippen molar-refractivity contribution in [1.29, 1.82) is 0 Å². The Bertz CT molecular complexity index is 144. The van der Waals surface area contributed by atoms with E-state index in [0.29, 0.717) is 6.04 Å². The van der Waals surface area contributed by atoms with Gasteiger partial charge in [0.2, 0.25) is 0 Å². The first kappa shape index (κ1) is 9.75. The van der Waals surface area contributed by atoms with E-state index < -0.39 is 0 Å². The molecular formula is C10H20N2. The van der Waals surface area contributed by atoms with Gasteiger partial charge in [-0.05, 0) is 19.3 Å². The Morgan fingerprint density at radius 3 is 2.58 bits per heavy atom. The number of hydrogen-bond donors (Lipinski definition) is 1. The van der Waals surface area contributed by atoms with E-state index >= 15 is 0 Å². The standard InChI is InChI=1S/C10H20N2/c1-3-10(11)8-12-6-4-9(2)5-7-12/h10H,2-8,11H2,1H3/t10-/m1/s1. The molecule has 2 heteroatoms. The quantitative estimate of drug-likeness (QED) is 0.645. The zero-order valence-corrected chi connectivity index (χ0v) is 8.05. The number of rotatable bonds is 3. The average Bonchev–Trinajstić information content (AvgIpc) is 2.09. The van der Waals surface area contributed by atoms with Crippen LogP contribution >= 0.6 is 0 Å². The third-order valence-electron chi connectivity index (χ3n) is 2.58. The Balaban J connectivity index is 2.21. The molecule has 12 heavy (non-hydrogen) atoms. The van der Waals surface area contributed by atoms with Crippen molar-refractivity contribution in [2.75, 3.05) is 19.6 Å². The molecule has 1 aliphatic heterocycles. The molecule has 0 aliphatic carbocycles. The third-order valence-corrected chi connectivity index (χ3v) is 2.58. The summed E-state index contributed by atoms with van der Waals surface area (Å²) in [4.78, 5) is 2.45. The van der Waals surface area contributed by atoms with Gasteiger partial charge in [-0.1, -0.05) is 19.1 Å². The van der Waals surface area contributed by atoms with Crippen molar-refractivity contribution < 1.29 is 0 Å². The first-order chi connectivity index (χ1) is 5.72. The number of nitrogens with two attached hydrogens (primary N) is 1. The predicted molar refractivity (Wildman–Crippen MR) is 53.1 cm³/mol. The second-order valence-corrected chi connectivity index (χ2v) is 3.72. The van der Waals surface area contributed by atoms with Crippen LogP contribution in [0.4, 0.5) is 0 Å². The van der Waals surface area contributed by atoms with Crippen LogP contribution in [0.1, 0.15) is 26.2 Å². The minimum absolute atomic E-state index is 0.358. The van der Waals surface area contributed by atoms with E-state index in [1.165, 1.54) is 5.57 Å². The molecule has 0 radical (unpaired) electrons. The number of nitrogens with zero attached hydrogens (tertiary/aromatic N) is 1. The zero-order valence-electron chi connectivity index (χ0n) is 8.05. The van der Waals surface area contributed by atoms with Crippen LogP contribution in [-0.2, 0) is 0 Å². The second kappa shape index (κ2) is 4.63. The van der Waals surface area contributed by atoms with Crippen molar-refractivity contribution in [2.45, 2.75) is 32.2 Å². The molecule has 2 N–H and O–H groups in total.